The maximum atomic E-state index is 13.1. The van der Waals surface area contributed by atoms with Gasteiger partial charge in [0.05, 0.1) is 5.01 Å². The molecule has 154 valence electrons. The van der Waals surface area contributed by atoms with E-state index in [-0.39, 0.29) is 17.5 Å². The fraction of sp³-hybridized carbons (Fsp3) is 0.261. The molecule has 0 radical (unpaired) electrons. The van der Waals surface area contributed by atoms with E-state index in [9.17, 15) is 9.59 Å². The van der Waals surface area contributed by atoms with Gasteiger partial charge in [-0.1, -0.05) is 36.4 Å². The number of rotatable bonds is 6. The number of hydrogen-bond acceptors (Lipinski definition) is 5. The maximum Gasteiger partial charge on any atom is 0.355 e. The van der Waals surface area contributed by atoms with Gasteiger partial charge in [0.25, 0.3) is 5.91 Å². The third kappa shape index (κ3) is 4.52. The highest BCUT2D eigenvalue weighted by Crippen LogP contribution is 2.31. The van der Waals surface area contributed by atoms with Gasteiger partial charge in [-0.05, 0) is 31.0 Å². The van der Waals surface area contributed by atoms with Gasteiger partial charge >= 0.3 is 5.97 Å². The van der Waals surface area contributed by atoms with Gasteiger partial charge in [-0.2, -0.15) is 0 Å². The molecular formula is C23H22N2O4S. The number of benzene rings is 2. The monoisotopic (exact) mass is 422 g/mol. The summed E-state index contributed by atoms with van der Waals surface area (Å²) >= 11 is 1.39. The molecule has 1 N–H and O–H groups in total. The first-order valence-electron chi connectivity index (χ1n) is 9.85. The first-order chi connectivity index (χ1) is 14.6. The molecule has 1 aliphatic rings. The highest BCUT2D eigenvalue weighted by Gasteiger charge is 2.27. The van der Waals surface area contributed by atoms with E-state index in [1.54, 1.807) is 5.38 Å². The number of carboxylic acids is 1. The number of piperidine rings is 1. The summed E-state index contributed by atoms with van der Waals surface area (Å²) in [6.07, 6.45) is 1.56. The van der Waals surface area contributed by atoms with E-state index in [0.717, 1.165) is 29.2 Å². The molecule has 0 bridgehead atoms. The summed E-state index contributed by atoms with van der Waals surface area (Å²) in [5, 5.41) is 11.5. The highest BCUT2D eigenvalue weighted by atomic mass is 32.1. The Labute approximate surface area is 178 Å². The number of carbonyl (C=O) groups excluding carboxylic acids is 1. The molecule has 0 saturated carbocycles. The topological polar surface area (TPSA) is 79.7 Å². The number of aromatic carboxylic acids is 1. The number of amides is 1. The Morgan fingerprint density at radius 3 is 2.47 bits per heavy atom. The van der Waals surface area contributed by atoms with Crippen LogP contribution < -0.4 is 4.74 Å². The van der Waals surface area contributed by atoms with Crippen molar-refractivity contribution < 1.29 is 19.4 Å². The third-order valence-electron chi connectivity index (χ3n) is 5.26. The molecule has 1 fully saturated rings. The SMILES string of the molecule is O=C(O)c1csc(C2CCN(C(=O)c3ccccc3COc3ccccc3)CC2)n1. The van der Waals surface area contributed by atoms with Crippen LogP contribution in [-0.2, 0) is 6.61 Å². The molecule has 2 aromatic carbocycles. The van der Waals surface area contributed by atoms with Crippen LogP contribution in [0, 0.1) is 0 Å². The molecular weight excluding hydrogens is 400 g/mol. The predicted octanol–water partition coefficient (Wildman–Crippen LogP) is 4.44. The predicted molar refractivity (Wildman–Crippen MR) is 114 cm³/mol. The average molecular weight is 423 g/mol. The van der Waals surface area contributed by atoms with Crippen LogP contribution in [0.1, 0.15) is 50.2 Å². The first-order valence-corrected chi connectivity index (χ1v) is 10.7. The Balaban J connectivity index is 1.40. The summed E-state index contributed by atoms with van der Waals surface area (Å²) in [6, 6.07) is 17.1. The standard InChI is InChI=1S/C23H22N2O4S/c26-22(19-9-5-4-6-17(19)14-29-18-7-2-1-3-8-18)25-12-10-16(11-13-25)21-24-20(15-30-21)23(27)28/h1-9,15-16H,10-14H2,(H,27,28). The molecule has 1 amide bonds. The van der Waals surface area contributed by atoms with Crippen LogP contribution in [0.5, 0.6) is 5.75 Å². The van der Waals surface area contributed by atoms with E-state index in [1.807, 2.05) is 59.5 Å². The number of carbonyl (C=O) groups is 2. The normalized spacial score (nSPS) is 14.5. The number of thiazole rings is 1. The number of aromatic nitrogens is 1. The van der Waals surface area contributed by atoms with Crippen molar-refractivity contribution in [2.75, 3.05) is 13.1 Å². The highest BCUT2D eigenvalue weighted by molar-refractivity contribution is 7.09. The van der Waals surface area contributed by atoms with Crippen molar-refractivity contribution in [2.45, 2.75) is 25.4 Å². The molecule has 0 aliphatic carbocycles. The molecule has 3 aromatic rings. The Hall–Kier alpha value is -3.19. The van der Waals surface area contributed by atoms with Gasteiger partial charge in [-0.3, -0.25) is 4.79 Å². The van der Waals surface area contributed by atoms with Crippen LogP contribution in [-0.4, -0.2) is 40.0 Å². The van der Waals surface area contributed by atoms with Gasteiger partial charge in [0.2, 0.25) is 0 Å². The molecule has 0 atom stereocenters. The fourth-order valence-corrected chi connectivity index (χ4v) is 4.57. The summed E-state index contributed by atoms with van der Waals surface area (Å²) in [4.78, 5) is 30.3. The van der Waals surface area contributed by atoms with Crippen molar-refractivity contribution in [3.8, 4) is 5.75 Å². The third-order valence-corrected chi connectivity index (χ3v) is 6.27. The van der Waals surface area contributed by atoms with Gasteiger partial charge in [-0.15, -0.1) is 11.3 Å². The lowest BCUT2D eigenvalue weighted by molar-refractivity contribution is 0.0690. The van der Waals surface area contributed by atoms with Crippen molar-refractivity contribution in [3.63, 3.8) is 0 Å². The van der Waals surface area contributed by atoms with Crippen molar-refractivity contribution in [3.05, 3.63) is 81.8 Å². The summed E-state index contributed by atoms with van der Waals surface area (Å²) in [7, 11) is 0. The quantitative estimate of drug-likeness (QED) is 0.635. The minimum atomic E-state index is -1.00. The Bertz CT molecular complexity index is 1030. The molecule has 0 spiro atoms. The number of likely N-dealkylation sites (tertiary alicyclic amines) is 1. The summed E-state index contributed by atoms with van der Waals surface area (Å²) in [5.74, 6) is -0.0286. The smallest absolute Gasteiger partial charge is 0.355 e. The van der Waals surface area contributed by atoms with E-state index < -0.39 is 5.97 Å². The minimum Gasteiger partial charge on any atom is -0.489 e. The lowest BCUT2D eigenvalue weighted by Gasteiger charge is -2.31. The number of nitrogens with zero attached hydrogens (tertiary/aromatic N) is 2. The van der Waals surface area contributed by atoms with Crippen LogP contribution in [0.3, 0.4) is 0 Å². The fourth-order valence-electron chi connectivity index (χ4n) is 3.61. The Kier molecular flexibility index (Phi) is 6.09. The van der Waals surface area contributed by atoms with Gasteiger partial charge < -0.3 is 14.7 Å². The van der Waals surface area contributed by atoms with E-state index in [2.05, 4.69) is 4.98 Å². The summed E-state index contributed by atoms with van der Waals surface area (Å²) < 4.78 is 5.84. The molecule has 0 unspecified atom stereocenters. The number of hydrogen-bond donors (Lipinski definition) is 1. The van der Waals surface area contributed by atoms with Crippen LogP contribution in [0.15, 0.2) is 60.0 Å². The second-order valence-electron chi connectivity index (χ2n) is 7.20. The van der Waals surface area contributed by atoms with Crippen molar-refractivity contribution in [1.82, 2.24) is 9.88 Å². The zero-order valence-corrected chi connectivity index (χ0v) is 17.2. The lowest BCUT2D eigenvalue weighted by Crippen LogP contribution is -2.38. The first kappa shape index (κ1) is 20.1. The number of ether oxygens (including phenoxy) is 1. The second-order valence-corrected chi connectivity index (χ2v) is 8.09. The average Bonchev–Trinajstić information content (AvgIpc) is 3.29. The van der Waals surface area contributed by atoms with Gasteiger partial charge in [0.15, 0.2) is 5.69 Å². The summed E-state index contributed by atoms with van der Waals surface area (Å²) in [5.41, 5.74) is 1.62. The molecule has 30 heavy (non-hydrogen) atoms. The zero-order chi connectivity index (χ0) is 20.9. The Morgan fingerprint density at radius 1 is 1.07 bits per heavy atom. The largest absolute Gasteiger partial charge is 0.489 e. The van der Waals surface area contributed by atoms with Crippen LogP contribution in [0.2, 0.25) is 0 Å². The molecule has 4 rings (SSSR count). The van der Waals surface area contributed by atoms with Crippen molar-refractivity contribution in [2.24, 2.45) is 0 Å². The number of carboxylic acid groups (broad SMARTS) is 1. The molecule has 7 heteroatoms. The molecule has 6 nitrogen and oxygen atoms in total. The molecule has 1 aromatic heterocycles. The Morgan fingerprint density at radius 2 is 1.77 bits per heavy atom. The maximum absolute atomic E-state index is 13.1. The zero-order valence-electron chi connectivity index (χ0n) is 16.4. The van der Waals surface area contributed by atoms with Gasteiger partial charge in [0.1, 0.15) is 12.4 Å². The van der Waals surface area contributed by atoms with Gasteiger partial charge in [-0.25, -0.2) is 9.78 Å². The number of para-hydroxylation sites is 1. The van der Waals surface area contributed by atoms with E-state index in [4.69, 9.17) is 9.84 Å². The van der Waals surface area contributed by atoms with Crippen LogP contribution in [0.25, 0.3) is 0 Å². The summed E-state index contributed by atoms with van der Waals surface area (Å²) in [6.45, 7) is 1.58. The molecule has 1 aliphatic heterocycles. The van der Waals surface area contributed by atoms with E-state index in [0.29, 0.717) is 25.3 Å². The van der Waals surface area contributed by atoms with Crippen LogP contribution in [0.4, 0.5) is 0 Å². The van der Waals surface area contributed by atoms with Crippen LogP contribution >= 0.6 is 11.3 Å². The molecule has 2 heterocycles. The minimum absolute atomic E-state index is 0.00563. The van der Waals surface area contributed by atoms with Crippen molar-refractivity contribution >= 4 is 23.2 Å². The van der Waals surface area contributed by atoms with Crippen molar-refractivity contribution in [1.29, 1.82) is 0 Å². The van der Waals surface area contributed by atoms with Gasteiger partial charge in [0, 0.05) is 35.5 Å². The van der Waals surface area contributed by atoms with E-state index in [1.165, 1.54) is 11.3 Å². The second kappa shape index (κ2) is 9.09. The van der Waals surface area contributed by atoms with E-state index >= 15 is 0 Å². The molecule has 1 saturated heterocycles. The lowest BCUT2D eigenvalue weighted by atomic mass is 9.96.